The largest absolute Gasteiger partial charge is 0.496 e. The van der Waals surface area contributed by atoms with Crippen LogP contribution in [0.2, 0.25) is 0 Å². The first-order valence-corrected chi connectivity index (χ1v) is 8.01. The molecule has 0 aliphatic carbocycles. The Kier molecular flexibility index (Phi) is 5.83. The number of halogens is 1. The van der Waals surface area contributed by atoms with E-state index in [0.717, 1.165) is 28.9 Å². The predicted molar refractivity (Wildman–Crippen MR) is 91.8 cm³/mol. The third-order valence-corrected chi connectivity index (χ3v) is 4.03. The first-order valence-electron chi connectivity index (χ1n) is 7.22. The van der Waals surface area contributed by atoms with Gasteiger partial charge in [-0.3, -0.25) is 0 Å². The second-order valence-electron chi connectivity index (χ2n) is 5.46. The van der Waals surface area contributed by atoms with Crippen LogP contribution in [-0.2, 0) is 13.1 Å². The fraction of sp³-hybridized carbons (Fsp3) is 0.333. The van der Waals surface area contributed by atoms with E-state index in [-0.39, 0.29) is 0 Å². The summed E-state index contributed by atoms with van der Waals surface area (Å²) in [7, 11) is 1.71. The second-order valence-corrected chi connectivity index (χ2v) is 6.37. The fourth-order valence-electron chi connectivity index (χ4n) is 2.25. The lowest BCUT2D eigenvalue weighted by atomic mass is 10.0. The molecule has 2 aromatic carbocycles. The highest BCUT2D eigenvalue weighted by Gasteiger charge is 2.04. The molecule has 0 atom stereocenters. The molecule has 3 heteroatoms. The lowest BCUT2D eigenvalue weighted by molar-refractivity contribution is 0.407. The van der Waals surface area contributed by atoms with Gasteiger partial charge in [0, 0.05) is 23.1 Å². The minimum Gasteiger partial charge on any atom is -0.496 e. The molecule has 0 saturated carbocycles. The van der Waals surface area contributed by atoms with E-state index in [1.807, 2.05) is 12.1 Å². The number of benzene rings is 2. The minimum absolute atomic E-state index is 0.581. The zero-order chi connectivity index (χ0) is 15.2. The second kappa shape index (κ2) is 7.62. The average molecular weight is 348 g/mol. The van der Waals surface area contributed by atoms with E-state index in [1.54, 1.807) is 7.11 Å². The van der Waals surface area contributed by atoms with Crippen LogP contribution in [0.1, 0.15) is 36.5 Å². The van der Waals surface area contributed by atoms with Crippen LogP contribution in [0.4, 0.5) is 0 Å². The summed E-state index contributed by atoms with van der Waals surface area (Å²) in [6.45, 7) is 6.07. The van der Waals surface area contributed by atoms with E-state index in [9.17, 15) is 0 Å². The number of ether oxygens (including phenoxy) is 1. The van der Waals surface area contributed by atoms with Crippen LogP contribution < -0.4 is 10.1 Å². The quantitative estimate of drug-likeness (QED) is 0.804. The molecule has 0 bridgehead atoms. The molecule has 0 saturated heterocycles. The van der Waals surface area contributed by atoms with Crippen molar-refractivity contribution in [1.29, 1.82) is 0 Å². The number of methoxy groups -OCH3 is 1. The van der Waals surface area contributed by atoms with Gasteiger partial charge >= 0.3 is 0 Å². The van der Waals surface area contributed by atoms with Crippen molar-refractivity contribution in [3.63, 3.8) is 0 Å². The van der Waals surface area contributed by atoms with Gasteiger partial charge in [0.05, 0.1) is 7.11 Å². The third-order valence-electron chi connectivity index (χ3n) is 3.53. The van der Waals surface area contributed by atoms with E-state index < -0.39 is 0 Å². The summed E-state index contributed by atoms with van der Waals surface area (Å²) >= 11 is 3.50. The Morgan fingerprint density at radius 2 is 1.76 bits per heavy atom. The van der Waals surface area contributed by atoms with Gasteiger partial charge in [0.2, 0.25) is 0 Å². The van der Waals surface area contributed by atoms with Crippen molar-refractivity contribution < 1.29 is 4.74 Å². The molecule has 112 valence electrons. The zero-order valence-corrected chi connectivity index (χ0v) is 14.4. The van der Waals surface area contributed by atoms with Crippen molar-refractivity contribution in [2.45, 2.75) is 32.9 Å². The topological polar surface area (TPSA) is 21.3 Å². The lowest BCUT2D eigenvalue weighted by Gasteiger charge is -2.11. The van der Waals surface area contributed by atoms with Gasteiger partial charge < -0.3 is 10.1 Å². The highest BCUT2D eigenvalue weighted by molar-refractivity contribution is 9.10. The van der Waals surface area contributed by atoms with Crippen LogP contribution >= 0.6 is 15.9 Å². The Morgan fingerprint density at radius 3 is 2.38 bits per heavy atom. The third kappa shape index (κ3) is 4.58. The molecule has 0 aliphatic rings. The predicted octanol–water partition coefficient (Wildman–Crippen LogP) is 4.87. The highest BCUT2D eigenvalue weighted by Crippen LogP contribution is 2.23. The van der Waals surface area contributed by atoms with Crippen LogP contribution in [0, 0.1) is 0 Å². The first kappa shape index (κ1) is 16.1. The minimum atomic E-state index is 0.581. The molecule has 0 unspecified atom stereocenters. The van der Waals surface area contributed by atoms with Crippen LogP contribution in [0.25, 0.3) is 0 Å². The summed E-state index contributed by atoms with van der Waals surface area (Å²) in [5, 5.41) is 3.47. The summed E-state index contributed by atoms with van der Waals surface area (Å²) in [6, 6.07) is 14.9. The fourth-order valence-corrected chi connectivity index (χ4v) is 2.66. The maximum atomic E-state index is 5.38. The molecule has 0 heterocycles. The number of hydrogen-bond donors (Lipinski definition) is 1. The lowest BCUT2D eigenvalue weighted by Crippen LogP contribution is -2.13. The summed E-state index contributed by atoms with van der Waals surface area (Å²) in [5.41, 5.74) is 3.84. The van der Waals surface area contributed by atoms with Crippen LogP contribution in [0.5, 0.6) is 5.75 Å². The number of nitrogens with one attached hydrogen (secondary N) is 1. The average Bonchev–Trinajstić information content (AvgIpc) is 2.48. The number of hydrogen-bond acceptors (Lipinski definition) is 2. The van der Waals surface area contributed by atoms with E-state index in [1.165, 1.54) is 11.1 Å². The Balaban J connectivity index is 1.93. The first-order chi connectivity index (χ1) is 10.1. The van der Waals surface area contributed by atoms with Gasteiger partial charge in [-0.15, -0.1) is 0 Å². The molecule has 21 heavy (non-hydrogen) atoms. The van der Waals surface area contributed by atoms with Crippen molar-refractivity contribution in [3.8, 4) is 5.75 Å². The van der Waals surface area contributed by atoms with E-state index in [2.05, 4.69) is 65.4 Å². The molecule has 0 radical (unpaired) electrons. The molecule has 0 fully saturated rings. The molecule has 1 N–H and O–H groups in total. The van der Waals surface area contributed by atoms with Crippen LogP contribution in [0.15, 0.2) is 46.9 Å². The Morgan fingerprint density at radius 1 is 1.05 bits per heavy atom. The summed E-state index contributed by atoms with van der Waals surface area (Å²) in [5.74, 6) is 1.50. The standard InChI is InChI=1S/C18H22BrNO/c1-13(2)15-6-4-14(5-7-15)11-20-12-16-10-17(19)8-9-18(16)21-3/h4-10,13,20H,11-12H2,1-3H3. The molecule has 0 spiro atoms. The van der Waals surface area contributed by atoms with Crippen molar-refractivity contribution in [1.82, 2.24) is 5.32 Å². The van der Waals surface area contributed by atoms with Gasteiger partial charge in [0.15, 0.2) is 0 Å². The smallest absolute Gasteiger partial charge is 0.123 e. The highest BCUT2D eigenvalue weighted by atomic mass is 79.9. The van der Waals surface area contributed by atoms with Gasteiger partial charge in [-0.05, 0) is 35.2 Å². The maximum Gasteiger partial charge on any atom is 0.123 e. The summed E-state index contributed by atoms with van der Waals surface area (Å²) < 4.78 is 6.46. The number of rotatable bonds is 6. The van der Waals surface area contributed by atoms with Gasteiger partial charge in [-0.2, -0.15) is 0 Å². The molecular weight excluding hydrogens is 326 g/mol. The van der Waals surface area contributed by atoms with Gasteiger partial charge in [-0.1, -0.05) is 54.0 Å². The Bertz CT molecular complexity index is 578. The van der Waals surface area contributed by atoms with Crippen LogP contribution in [0.3, 0.4) is 0 Å². The SMILES string of the molecule is COc1ccc(Br)cc1CNCc1ccc(C(C)C)cc1. The van der Waals surface area contributed by atoms with Crippen LogP contribution in [-0.4, -0.2) is 7.11 Å². The zero-order valence-electron chi connectivity index (χ0n) is 12.8. The monoisotopic (exact) mass is 347 g/mol. The molecular formula is C18H22BrNO. The van der Waals surface area contributed by atoms with Crippen molar-refractivity contribution in [2.24, 2.45) is 0 Å². The van der Waals surface area contributed by atoms with Gasteiger partial charge in [0.25, 0.3) is 0 Å². The van der Waals surface area contributed by atoms with Gasteiger partial charge in [0.1, 0.15) is 5.75 Å². The Labute approximate surface area is 135 Å². The van der Waals surface area contributed by atoms with Crippen molar-refractivity contribution in [2.75, 3.05) is 7.11 Å². The molecule has 0 aromatic heterocycles. The van der Waals surface area contributed by atoms with E-state index >= 15 is 0 Å². The molecule has 0 aliphatic heterocycles. The van der Waals surface area contributed by atoms with Crippen molar-refractivity contribution >= 4 is 15.9 Å². The molecule has 2 aromatic rings. The molecule has 0 amide bonds. The van der Waals surface area contributed by atoms with E-state index in [0.29, 0.717) is 5.92 Å². The molecule has 2 nitrogen and oxygen atoms in total. The van der Waals surface area contributed by atoms with Crippen molar-refractivity contribution in [3.05, 3.63) is 63.6 Å². The maximum absolute atomic E-state index is 5.38. The summed E-state index contributed by atoms with van der Waals surface area (Å²) in [6.07, 6.45) is 0. The normalized spacial score (nSPS) is 10.9. The molecule has 2 rings (SSSR count). The van der Waals surface area contributed by atoms with Gasteiger partial charge in [-0.25, -0.2) is 0 Å². The Hall–Kier alpha value is -1.32. The van der Waals surface area contributed by atoms with E-state index in [4.69, 9.17) is 4.74 Å². The summed E-state index contributed by atoms with van der Waals surface area (Å²) in [4.78, 5) is 0.